The maximum Gasteiger partial charge on any atom is 0.325 e. The molecule has 0 aliphatic heterocycles. The number of hydrogen-bond acceptors (Lipinski definition) is 6. The van der Waals surface area contributed by atoms with Crippen LogP contribution in [0.2, 0.25) is 5.02 Å². The zero-order chi connectivity index (χ0) is 22.6. The van der Waals surface area contributed by atoms with Crippen molar-refractivity contribution in [1.29, 1.82) is 0 Å². The van der Waals surface area contributed by atoms with Crippen molar-refractivity contribution in [2.75, 3.05) is 31.6 Å². The molecule has 0 aliphatic carbocycles. The molecule has 0 spiro atoms. The van der Waals surface area contributed by atoms with Gasteiger partial charge in [0.25, 0.3) is 11.8 Å². The first-order chi connectivity index (χ1) is 14.8. The molecule has 2 rings (SSSR count). The molecule has 0 fully saturated rings. The highest BCUT2D eigenvalue weighted by molar-refractivity contribution is 6.31. The summed E-state index contributed by atoms with van der Waals surface area (Å²) in [5, 5.41) is 7.78. The molecule has 0 aliphatic rings. The second kappa shape index (κ2) is 12.2. The van der Waals surface area contributed by atoms with Crippen LogP contribution in [0.4, 0.5) is 5.69 Å². The predicted octanol–water partition coefficient (Wildman–Crippen LogP) is 1.44. The number of esters is 1. The SMILES string of the molecule is Cc1c(Cl)cccc1NC(=O)CNC(=O)COC(=O)CNC(=O)COc1ccccc1. The first kappa shape index (κ1) is 23.7. The lowest BCUT2D eigenvalue weighted by Crippen LogP contribution is -2.38. The molecule has 2 aromatic rings. The minimum atomic E-state index is -0.804. The maximum absolute atomic E-state index is 11.9. The molecular weight excluding hydrogens is 426 g/mol. The number of carbonyl (C=O) groups excluding carboxylic acids is 4. The molecule has 0 aromatic heterocycles. The Labute approximate surface area is 184 Å². The molecule has 2 aromatic carbocycles. The number of para-hydroxylation sites is 1. The molecule has 0 atom stereocenters. The van der Waals surface area contributed by atoms with Crippen LogP contribution in [0.15, 0.2) is 48.5 Å². The quantitative estimate of drug-likeness (QED) is 0.474. The molecule has 0 radical (unpaired) electrons. The van der Waals surface area contributed by atoms with E-state index in [-0.39, 0.29) is 13.2 Å². The number of nitrogens with one attached hydrogen (secondary N) is 3. The molecule has 0 saturated heterocycles. The zero-order valence-electron chi connectivity index (χ0n) is 16.8. The monoisotopic (exact) mass is 447 g/mol. The van der Waals surface area contributed by atoms with E-state index >= 15 is 0 Å². The minimum Gasteiger partial charge on any atom is -0.484 e. The lowest BCUT2D eigenvalue weighted by molar-refractivity contribution is -0.148. The Kier molecular flexibility index (Phi) is 9.31. The fourth-order valence-electron chi connectivity index (χ4n) is 2.25. The Hall–Kier alpha value is -3.59. The zero-order valence-corrected chi connectivity index (χ0v) is 17.5. The van der Waals surface area contributed by atoms with Gasteiger partial charge < -0.3 is 25.4 Å². The number of ether oxygens (including phenoxy) is 2. The normalized spacial score (nSPS) is 10.0. The number of benzene rings is 2. The van der Waals surface area contributed by atoms with Gasteiger partial charge in [0.2, 0.25) is 5.91 Å². The summed E-state index contributed by atoms with van der Waals surface area (Å²) in [7, 11) is 0. The first-order valence-corrected chi connectivity index (χ1v) is 9.65. The molecule has 0 unspecified atom stereocenters. The lowest BCUT2D eigenvalue weighted by Gasteiger charge is -2.10. The highest BCUT2D eigenvalue weighted by Crippen LogP contribution is 2.22. The number of hydrogen-bond donors (Lipinski definition) is 3. The molecule has 0 saturated carbocycles. The summed E-state index contributed by atoms with van der Waals surface area (Å²) < 4.78 is 9.98. The van der Waals surface area contributed by atoms with Crippen LogP contribution in [0.25, 0.3) is 0 Å². The second-order valence-corrected chi connectivity index (χ2v) is 6.68. The van der Waals surface area contributed by atoms with Crippen molar-refractivity contribution < 1.29 is 28.7 Å². The third-order valence-electron chi connectivity index (χ3n) is 3.90. The third kappa shape index (κ3) is 8.75. The van der Waals surface area contributed by atoms with Gasteiger partial charge in [0.15, 0.2) is 13.2 Å². The molecular formula is C21H22ClN3O6. The maximum atomic E-state index is 11.9. The molecule has 164 valence electrons. The first-order valence-electron chi connectivity index (χ1n) is 9.27. The van der Waals surface area contributed by atoms with E-state index < -0.39 is 36.8 Å². The number of amides is 3. The van der Waals surface area contributed by atoms with E-state index in [2.05, 4.69) is 16.0 Å². The summed E-state index contributed by atoms with van der Waals surface area (Å²) in [4.78, 5) is 46.9. The number of halogens is 1. The van der Waals surface area contributed by atoms with Crippen LogP contribution in [-0.4, -0.2) is 50.0 Å². The Morgan fingerprint density at radius 2 is 1.52 bits per heavy atom. The molecule has 31 heavy (non-hydrogen) atoms. The summed E-state index contributed by atoms with van der Waals surface area (Å²) >= 11 is 5.98. The summed E-state index contributed by atoms with van der Waals surface area (Å²) in [5.74, 6) is -1.92. The molecule has 3 N–H and O–H groups in total. The fourth-order valence-corrected chi connectivity index (χ4v) is 2.43. The van der Waals surface area contributed by atoms with Crippen LogP contribution < -0.4 is 20.7 Å². The molecule has 0 bridgehead atoms. The topological polar surface area (TPSA) is 123 Å². The van der Waals surface area contributed by atoms with Crippen LogP contribution in [0, 0.1) is 6.92 Å². The highest BCUT2D eigenvalue weighted by atomic mass is 35.5. The van der Waals surface area contributed by atoms with E-state index in [1.165, 1.54) is 0 Å². The summed E-state index contributed by atoms with van der Waals surface area (Å²) in [6, 6.07) is 13.8. The van der Waals surface area contributed by atoms with Crippen LogP contribution in [0.1, 0.15) is 5.56 Å². The Bertz CT molecular complexity index is 936. The lowest BCUT2D eigenvalue weighted by atomic mass is 10.2. The van der Waals surface area contributed by atoms with Gasteiger partial charge in [0.1, 0.15) is 12.3 Å². The van der Waals surface area contributed by atoms with E-state index in [0.29, 0.717) is 22.0 Å². The van der Waals surface area contributed by atoms with Crippen LogP contribution in [-0.2, 0) is 23.9 Å². The van der Waals surface area contributed by atoms with Gasteiger partial charge in [-0.05, 0) is 36.8 Å². The third-order valence-corrected chi connectivity index (χ3v) is 4.30. The summed E-state index contributed by atoms with van der Waals surface area (Å²) in [6.07, 6.45) is 0. The second-order valence-electron chi connectivity index (χ2n) is 6.28. The standard InChI is InChI=1S/C21H22ClN3O6/c1-14-16(22)8-5-9-17(14)25-18(26)10-23-20(28)13-31-21(29)11-24-19(27)12-30-15-6-3-2-4-7-15/h2-9H,10-13H2,1H3,(H,23,28)(H,24,27)(H,25,26). The van der Waals surface area contributed by atoms with Crippen molar-refractivity contribution >= 4 is 41.0 Å². The summed E-state index contributed by atoms with van der Waals surface area (Å²) in [6.45, 7) is 0.176. The van der Waals surface area contributed by atoms with Gasteiger partial charge in [-0.3, -0.25) is 19.2 Å². The summed E-state index contributed by atoms with van der Waals surface area (Å²) in [5.41, 5.74) is 1.24. The van der Waals surface area contributed by atoms with Gasteiger partial charge in [-0.2, -0.15) is 0 Å². The van der Waals surface area contributed by atoms with Gasteiger partial charge in [0.05, 0.1) is 6.54 Å². The van der Waals surface area contributed by atoms with Gasteiger partial charge in [-0.15, -0.1) is 0 Å². The van der Waals surface area contributed by atoms with Gasteiger partial charge in [-0.25, -0.2) is 0 Å². The molecule has 10 heteroatoms. The highest BCUT2D eigenvalue weighted by Gasteiger charge is 2.12. The molecule has 3 amide bonds. The smallest absolute Gasteiger partial charge is 0.325 e. The van der Waals surface area contributed by atoms with Crippen molar-refractivity contribution in [3.63, 3.8) is 0 Å². The van der Waals surface area contributed by atoms with E-state index in [1.807, 2.05) is 6.07 Å². The molecule has 9 nitrogen and oxygen atoms in total. The fraction of sp³-hybridized carbons (Fsp3) is 0.238. The van der Waals surface area contributed by atoms with Crippen molar-refractivity contribution in [3.8, 4) is 5.75 Å². The Morgan fingerprint density at radius 3 is 2.26 bits per heavy atom. The largest absolute Gasteiger partial charge is 0.484 e. The molecule has 0 heterocycles. The average Bonchev–Trinajstić information content (AvgIpc) is 2.77. The van der Waals surface area contributed by atoms with Crippen LogP contribution >= 0.6 is 11.6 Å². The van der Waals surface area contributed by atoms with Gasteiger partial charge in [0, 0.05) is 10.7 Å². The number of anilines is 1. The van der Waals surface area contributed by atoms with Gasteiger partial charge >= 0.3 is 5.97 Å². The Balaban J connectivity index is 1.59. The van der Waals surface area contributed by atoms with E-state index in [4.69, 9.17) is 21.1 Å². The van der Waals surface area contributed by atoms with Crippen LogP contribution in [0.5, 0.6) is 5.75 Å². The van der Waals surface area contributed by atoms with Crippen LogP contribution in [0.3, 0.4) is 0 Å². The average molecular weight is 448 g/mol. The van der Waals surface area contributed by atoms with E-state index in [9.17, 15) is 19.2 Å². The van der Waals surface area contributed by atoms with Crippen molar-refractivity contribution in [2.24, 2.45) is 0 Å². The van der Waals surface area contributed by atoms with E-state index in [1.54, 1.807) is 49.4 Å². The minimum absolute atomic E-state index is 0.265. The van der Waals surface area contributed by atoms with Crippen molar-refractivity contribution in [2.45, 2.75) is 6.92 Å². The Morgan fingerprint density at radius 1 is 0.839 bits per heavy atom. The number of carbonyl (C=O) groups is 4. The van der Waals surface area contributed by atoms with Crippen molar-refractivity contribution in [3.05, 3.63) is 59.1 Å². The van der Waals surface area contributed by atoms with Crippen molar-refractivity contribution in [1.82, 2.24) is 10.6 Å². The van der Waals surface area contributed by atoms with E-state index in [0.717, 1.165) is 0 Å². The number of rotatable bonds is 10. The van der Waals surface area contributed by atoms with Gasteiger partial charge in [-0.1, -0.05) is 35.9 Å². The predicted molar refractivity (Wildman–Crippen MR) is 114 cm³/mol.